The predicted molar refractivity (Wildman–Crippen MR) is 105 cm³/mol. The van der Waals surface area contributed by atoms with Gasteiger partial charge in [0.25, 0.3) is 0 Å². The minimum absolute atomic E-state index is 0.251. The average Bonchev–Trinajstić information content (AvgIpc) is 2.64. The number of benzene rings is 2. The second kappa shape index (κ2) is 7.64. The third kappa shape index (κ3) is 3.84. The molecule has 2 aromatic rings. The van der Waals surface area contributed by atoms with Gasteiger partial charge in [0, 0.05) is 13.1 Å². The summed E-state index contributed by atoms with van der Waals surface area (Å²) in [5.41, 5.74) is 3.01. The quantitative estimate of drug-likeness (QED) is 0.804. The molecule has 1 aliphatic heterocycles. The molecule has 1 unspecified atom stereocenters. The van der Waals surface area contributed by atoms with E-state index < -0.39 is 15.3 Å². The van der Waals surface area contributed by atoms with Crippen molar-refractivity contribution in [2.75, 3.05) is 13.1 Å². The van der Waals surface area contributed by atoms with Crippen molar-refractivity contribution < 1.29 is 13.5 Å². The molecule has 0 aromatic heterocycles. The zero-order chi connectivity index (χ0) is 18.7. The Kier molecular flexibility index (Phi) is 5.49. The van der Waals surface area contributed by atoms with Crippen LogP contribution in [0, 0.1) is 6.92 Å². The Hall–Kier alpha value is -2.11. The van der Waals surface area contributed by atoms with Crippen LogP contribution >= 0.6 is 0 Å². The van der Waals surface area contributed by atoms with Gasteiger partial charge in [0.2, 0.25) is 10.0 Å². The number of phenolic OH excluding ortho intramolecular Hbond substituents is 1. The van der Waals surface area contributed by atoms with Gasteiger partial charge in [-0.05, 0) is 48.9 Å². The maximum Gasteiger partial charge on any atom is 0.224 e. The monoisotopic (exact) mass is 371 g/mol. The van der Waals surface area contributed by atoms with Crippen LogP contribution in [-0.2, 0) is 10.0 Å². The smallest absolute Gasteiger partial charge is 0.224 e. The minimum atomic E-state index is -3.48. The van der Waals surface area contributed by atoms with Crippen LogP contribution in [0.4, 0.5) is 0 Å². The van der Waals surface area contributed by atoms with Crippen molar-refractivity contribution in [3.8, 4) is 5.75 Å². The lowest BCUT2D eigenvalue weighted by Gasteiger charge is -2.33. The molecule has 1 N–H and O–H groups in total. The molecule has 0 aliphatic carbocycles. The zero-order valence-corrected chi connectivity index (χ0v) is 15.8. The van der Waals surface area contributed by atoms with E-state index in [1.54, 1.807) is 16.4 Å². The van der Waals surface area contributed by atoms with Crippen LogP contribution < -0.4 is 0 Å². The van der Waals surface area contributed by atoms with Crippen LogP contribution in [0.1, 0.15) is 40.7 Å². The van der Waals surface area contributed by atoms with E-state index in [0.717, 1.165) is 29.5 Å². The Labute approximate surface area is 155 Å². The molecule has 138 valence electrons. The van der Waals surface area contributed by atoms with Crippen LogP contribution in [0.15, 0.2) is 61.2 Å². The molecule has 4 nitrogen and oxygen atoms in total. The molecule has 1 aliphatic rings. The van der Waals surface area contributed by atoms with E-state index in [1.165, 1.54) is 6.08 Å². The lowest BCUT2D eigenvalue weighted by molar-refractivity contribution is 0.317. The summed E-state index contributed by atoms with van der Waals surface area (Å²) in [6, 6.07) is 14.8. The Bertz CT molecular complexity index is 849. The molecule has 0 bridgehead atoms. The number of nitrogens with zero attached hydrogens (tertiary/aromatic N) is 1. The third-order valence-corrected chi connectivity index (χ3v) is 7.31. The first-order chi connectivity index (χ1) is 12.4. The molecule has 0 spiro atoms. The van der Waals surface area contributed by atoms with Gasteiger partial charge in [-0.1, -0.05) is 48.0 Å². The summed E-state index contributed by atoms with van der Waals surface area (Å²) in [4.78, 5) is 0. The number of sulfonamides is 1. The number of aryl methyl sites for hydroxylation is 1. The van der Waals surface area contributed by atoms with E-state index in [2.05, 4.69) is 6.58 Å². The molecule has 1 fully saturated rings. The fourth-order valence-electron chi connectivity index (χ4n) is 3.54. The highest BCUT2D eigenvalue weighted by Gasteiger charge is 2.34. The van der Waals surface area contributed by atoms with Gasteiger partial charge in [0.05, 0.1) is 0 Å². The van der Waals surface area contributed by atoms with Crippen molar-refractivity contribution in [2.45, 2.75) is 30.9 Å². The van der Waals surface area contributed by atoms with Gasteiger partial charge in [-0.2, -0.15) is 0 Å². The highest BCUT2D eigenvalue weighted by molar-refractivity contribution is 7.89. The fourth-order valence-corrected chi connectivity index (χ4v) is 5.32. The van der Waals surface area contributed by atoms with Crippen molar-refractivity contribution in [1.82, 2.24) is 4.31 Å². The molecule has 1 saturated heterocycles. The minimum Gasteiger partial charge on any atom is -0.508 e. The molecule has 5 heteroatoms. The molecule has 1 atom stereocenters. The number of rotatable bonds is 5. The summed E-state index contributed by atoms with van der Waals surface area (Å²) >= 11 is 0. The Balaban J connectivity index is 1.73. The molecular weight excluding hydrogens is 346 g/mol. The average molecular weight is 372 g/mol. The van der Waals surface area contributed by atoms with E-state index in [4.69, 9.17) is 0 Å². The van der Waals surface area contributed by atoms with E-state index >= 15 is 0 Å². The highest BCUT2D eigenvalue weighted by Crippen LogP contribution is 2.34. The van der Waals surface area contributed by atoms with Gasteiger partial charge in [-0.25, -0.2) is 12.7 Å². The first kappa shape index (κ1) is 18.7. The van der Waals surface area contributed by atoms with E-state index in [0.29, 0.717) is 19.0 Å². The number of aromatic hydroxyl groups is 1. The van der Waals surface area contributed by atoms with Gasteiger partial charge >= 0.3 is 0 Å². The predicted octanol–water partition coefficient (Wildman–Crippen LogP) is 4.14. The summed E-state index contributed by atoms with van der Waals surface area (Å²) in [5.74, 6) is 0.573. The van der Waals surface area contributed by atoms with Gasteiger partial charge in [-0.15, -0.1) is 6.58 Å². The molecule has 3 rings (SSSR count). The first-order valence-electron chi connectivity index (χ1n) is 8.89. The SMILES string of the molecule is C=CC(c1ccc(C)cc1)S(=O)(=O)N1CCC(c2ccc(O)cc2)CC1. The summed E-state index contributed by atoms with van der Waals surface area (Å²) < 4.78 is 27.8. The highest BCUT2D eigenvalue weighted by atomic mass is 32.2. The largest absolute Gasteiger partial charge is 0.508 e. The standard InChI is InChI=1S/C21H25NO3S/c1-3-21(19-6-4-16(2)5-7-19)26(24,25)22-14-12-18(13-15-22)17-8-10-20(23)11-9-17/h3-11,18,21,23H,1,12-15H2,2H3. The van der Waals surface area contributed by atoms with E-state index in [9.17, 15) is 13.5 Å². The second-order valence-electron chi connectivity index (χ2n) is 6.88. The van der Waals surface area contributed by atoms with E-state index in [1.807, 2.05) is 43.3 Å². The number of piperidine rings is 1. The molecule has 1 heterocycles. The number of hydrogen-bond donors (Lipinski definition) is 1. The summed E-state index contributed by atoms with van der Waals surface area (Å²) in [6.45, 7) is 6.75. The molecule has 0 radical (unpaired) electrons. The Morgan fingerprint density at radius 2 is 1.65 bits per heavy atom. The van der Waals surface area contributed by atoms with Gasteiger partial charge < -0.3 is 5.11 Å². The van der Waals surface area contributed by atoms with Gasteiger partial charge in [0.15, 0.2) is 0 Å². The van der Waals surface area contributed by atoms with Crippen LogP contribution in [0.3, 0.4) is 0 Å². The maximum absolute atomic E-state index is 13.1. The Morgan fingerprint density at radius 1 is 1.08 bits per heavy atom. The lowest BCUT2D eigenvalue weighted by atomic mass is 9.90. The van der Waals surface area contributed by atoms with Crippen LogP contribution in [0.5, 0.6) is 5.75 Å². The fraction of sp³-hybridized carbons (Fsp3) is 0.333. The summed E-state index contributed by atoms with van der Waals surface area (Å²) in [5, 5.41) is 8.71. The van der Waals surface area contributed by atoms with Crippen LogP contribution in [0.2, 0.25) is 0 Å². The topological polar surface area (TPSA) is 57.6 Å². The van der Waals surface area contributed by atoms with Crippen molar-refractivity contribution >= 4 is 10.0 Å². The van der Waals surface area contributed by atoms with Crippen molar-refractivity contribution in [1.29, 1.82) is 0 Å². The second-order valence-corrected chi connectivity index (χ2v) is 8.93. The summed E-state index contributed by atoms with van der Waals surface area (Å²) in [6.07, 6.45) is 3.08. The molecule has 0 amide bonds. The molecule has 0 saturated carbocycles. The summed E-state index contributed by atoms with van der Waals surface area (Å²) in [7, 11) is -3.48. The molecular formula is C21H25NO3S. The van der Waals surface area contributed by atoms with Crippen molar-refractivity contribution in [3.63, 3.8) is 0 Å². The Morgan fingerprint density at radius 3 is 2.19 bits per heavy atom. The van der Waals surface area contributed by atoms with E-state index in [-0.39, 0.29) is 5.75 Å². The van der Waals surface area contributed by atoms with Crippen LogP contribution in [-0.4, -0.2) is 30.9 Å². The molecule has 26 heavy (non-hydrogen) atoms. The number of hydrogen-bond acceptors (Lipinski definition) is 3. The van der Waals surface area contributed by atoms with Crippen LogP contribution in [0.25, 0.3) is 0 Å². The van der Waals surface area contributed by atoms with Crippen molar-refractivity contribution in [3.05, 3.63) is 77.9 Å². The van der Waals surface area contributed by atoms with Crippen molar-refractivity contribution in [2.24, 2.45) is 0 Å². The van der Waals surface area contributed by atoms with Gasteiger partial charge in [0.1, 0.15) is 11.0 Å². The molecule has 2 aromatic carbocycles. The zero-order valence-electron chi connectivity index (χ0n) is 15.0. The maximum atomic E-state index is 13.1. The lowest BCUT2D eigenvalue weighted by Crippen LogP contribution is -2.40. The van der Waals surface area contributed by atoms with Gasteiger partial charge in [-0.3, -0.25) is 0 Å². The first-order valence-corrected chi connectivity index (χ1v) is 10.4. The normalized spacial score (nSPS) is 17.7. The number of phenols is 1. The third-order valence-electron chi connectivity index (χ3n) is 5.12.